The number of ether oxygens (including phenoxy) is 1. The van der Waals surface area contributed by atoms with Gasteiger partial charge in [0, 0.05) is 12.2 Å². The standard InChI is InChI=1S/C11H17NO3/c1-7-8(2)11(14)12(10(7)13)6-9-4-3-5-15-9/h9-10,13H,3-6H2,1-2H3/t9-,10-/m1/s1. The van der Waals surface area contributed by atoms with Crippen LogP contribution in [0.15, 0.2) is 11.1 Å². The molecule has 0 aromatic rings. The van der Waals surface area contributed by atoms with Crippen molar-refractivity contribution >= 4 is 5.91 Å². The Bertz CT molecular complexity index is 305. The highest BCUT2D eigenvalue weighted by Gasteiger charge is 2.35. The second-order valence-electron chi connectivity index (χ2n) is 4.27. The SMILES string of the molecule is CC1=C(C)[C@@H](O)N(C[C@H]2CCCO2)C1=O. The summed E-state index contributed by atoms with van der Waals surface area (Å²) in [6.07, 6.45) is 1.38. The first kappa shape index (κ1) is 10.6. The van der Waals surface area contributed by atoms with Crippen LogP contribution in [0.5, 0.6) is 0 Å². The molecule has 4 heteroatoms. The van der Waals surface area contributed by atoms with Crippen LogP contribution in [0.1, 0.15) is 26.7 Å². The van der Waals surface area contributed by atoms with Crippen molar-refractivity contribution in [2.45, 2.75) is 39.0 Å². The van der Waals surface area contributed by atoms with Crippen molar-refractivity contribution < 1.29 is 14.6 Å². The normalized spacial score (nSPS) is 31.9. The van der Waals surface area contributed by atoms with E-state index in [1.54, 1.807) is 13.8 Å². The van der Waals surface area contributed by atoms with Gasteiger partial charge in [0.05, 0.1) is 12.6 Å². The Hall–Kier alpha value is -0.870. The van der Waals surface area contributed by atoms with Gasteiger partial charge in [-0.05, 0) is 32.3 Å². The van der Waals surface area contributed by atoms with Crippen LogP contribution in [0, 0.1) is 0 Å². The number of amides is 1. The van der Waals surface area contributed by atoms with Crippen molar-refractivity contribution in [3.8, 4) is 0 Å². The molecule has 0 radical (unpaired) electrons. The van der Waals surface area contributed by atoms with E-state index < -0.39 is 6.23 Å². The number of hydrogen-bond acceptors (Lipinski definition) is 3. The zero-order valence-corrected chi connectivity index (χ0v) is 9.19. The maximum Gasteiger partial charge on any atom is 0.251 e. The minimum atomic E-state index is -0.748. The molecule has 84 valence electrons. The first-order valence-electron chi connectivity index (χ1n) is 5.39. The number of carbonyl (C=O) groups excluding carboxylic acids is 1. The minimum Gasteiger partial charge on any atom is -0.376 e. The lowest BCUT2D eigenvalue weighted by Gasteiger charge is -2.24. The van der Waals surface area contributed by atoms with Crippen LogP contribution >= 0.6 is 0 Å². The highest BCUT2D eigenvalue weighted by Crippen LogP contribution is 2.25. The Morgan fingerprint density at radius 3 is 2.73 bits per heavy atom. The fourth-order valence-corrected chi connectivity index (χ4v) is 2.11. The van der Waals surface area contributed by atoms with Crippen LogP contribution in [0.25, 0.3) is 0 Å². The molecule has 1 saturated heterocycles. The molecule has 0 spiro atoms. The number of hydrogen-bond donors (Lipinski definition) is 1. The predicted molar refractivity (Wildman–Crippen MR) is 55.1 cm³/mol. The summed E-state index contributed by atoms with van der Waals surface area (Å²) in [5.74, 6) is -0.0597. The third-order valence-corrected chi connectivity index (χ3v) is 3.28. The highest BCUT2D eigenvalue weighted by molar-refractivity contribution is 5.96. The summed E-state index contributed by atoms with van der Waals surface area (Å²) in [6, 6.07) is 0. The molecule has 0 saturated carbocycles. The van der Waals surface area contributed by atoms with Crippen LogP contribution < -0.4 is 0 Å². The van der Waals surface area contributed by atoms with Gasteiger partial charge in [-0.25, -0.2) is 0 Å². The number of carbonyl (C=O) groups is 1. The Balaban J connectivity index is 2.02. The van der Waals surface area contributed by atoms with Crippen LogP contribution in [-0.2, 0) is 9.53 Å². The molecule has 4 nitrogen and oxygen atoms in total. The summed E-state index contributed by atoms with van der Waals surface area (Å²) in [5, 5.41) is 9.85. The molecule has 0 unspecified atom stereocenters. The summed E-state index contributed by atoms with van der Waals surface area (Å²) in [7, 11) is 0. The van der Waals surface area contributed by atoms with Crippen LogP contribution in [0.2, 0.25) is 0 Å². The van der Waals surface area contributed by atoms with E-state index in [0.717, 1.165) is 25.0 Å². The Morgan fingerprint density at radius 1 is 1.53 bits per heavy atom. The lowest BCUT2D eigenvalue weighted by Crippen LogP contribution is -2.40. The van der Waals surface area contributed by atoms with Gasteiger partial charge in [0.1, 0.15) is 0 Å². The molecule has 0 aliphatic carbocycles. The maximum absolute atomic E-state index is 11.8. The molecule has 0 aromatic carbocycles. The topological polar surface area (TPSA) is 49.8 Å². The molecule has 2 aliphatic heterocycles. The average Bonchev–Trinajstić information content (AvgIpc) is 2.79. The number of aliphatic hydroxyl groups is 1. The largest absolute Gasteiger partial charge is 0.376 e. The number of aliphatic hydroxyl groups excluding tert-OH is 1. The van der Waals surface area contributed by atoms with Gasteiger partial charge in [0.25, 0.3) is 5.91 Å². The molecule has 15 heavy (non-hydrogen) atoms. The third kappa shape index (κ3) is 1.79. The molecule has 1 N–H and O–H groups in total. The van der Waals surface area contributed by atoms with Gasteiger partial charge < -0.3 is 14.7 Å². The lowest BCUT2D eigenvalue weighted by atomic mass is 10.2. The number of rotatable bonds is 2. The van der Waals surface area contributed by atoms with Crippen molar-refractivity contribution in [3.63, 3.8) is 0 Å². The molecule has 2 aliphatic rings. The van der Waals surface area contributed by atoms with E-state index in [1.165, 1.54) is 4.90 Å². The molecule has 2 atom stereocenters. The molecule has 0 aromatic heterocycles. The zero-order valence-electron chi connectivity index (χ0n) is 9.19. The van der Waals surface area contributed by atoms with Gasteiger partial charge in [-0.2, -0.15) is 0 Å². The van der Waals surface area contributed by atoms with Crippen molar-refractivity contribution in [1.82, 2.24) is 4.90 Å². The van der Waals surface area contributed by atoms with E-state index in [9.17, 15) is 9.90 Å². The van der Waals surface area contributed by atoms with E-state index in [2.05, 4.69) is 0 Å². The van der Waals surface area contributed by atoms with Crippen LogP contribution in [-0.4, -0.2) is 41.4 Å². The van der Waals surface area contributed by atoms with Gasteiger partial charge in [-0.15, -0.1) is 0 Å². The smallest absolute Gasteiger partial charge is 0.251 e. The van der Waals surface area contributed by atoms with Crippen molar-refractivity contribution in [1.29, 1.82) is 0 Å². The summed E-state index contributed by atoms with van der Waals surface area (Å²) in [4.78, 5) is 13.3. The second-order valence-corrected chi connectivity index (χ2v) is 4.27. The Labute approximate surface area is 89.5 Å². The molecular weight excluding hydrogens is 194 g/mol. The van der Waals surface area contributed by atoms with Gasteiger partial charge in [0.15, 0.2) is 6.23 Å². The second kappa shape index (κ2) is 3.94. The Kier molecular flexibility index (Phi) is 2.80. The molecular formula is C11H17NO3. The average molecular weight is 211 g/mol. The van der Waals surface area contributed by atoms with Crippen molar-refractivity contribution in [2.24, 2.45) is 0 Å². The first-order valence-corrected chi connectivity index (χ1v) is 5.39. The van der Waals surface area contributed by atoms with Crippen molar-refractivity contribution in [3.05, 3.63) is 11.1 Å². The molecule has 2 heterocycles. The third-order valence-electron chi connectivity index (χ3n) is 3.28. The summed E-state index contributed by atoms with van der Waals surface area (Å²) in [6.45, 7) is 4.84. The van der Waals surface area contributed by atoms with E-state index in [-0.39, 0.29) is 12.0 Å². The molecule has 2 rings (SSSR count). The van der Waals surface area contributed by atoms with E-state index in [0.29, 0.717) is 12.1 Å². The summed E-state index contributed by atoms with van der Waals surface area (Å²) < 4.78 is 5.46. The van der Waals surface area contributed by atoms with E-state index >= 15 is 0 Å². The zero-order chi connectivity index (χ0) is 11.0. The van der Waals surface area contributed by atoms with Gasteiger partial charge in [0.2, 0.25) is 0 Å². The van der Waals surface area contributed by atoms with E-state index in [4.69, 9.17) is 4.74 Å². The van der Waals surface area contributed by atoms with Gasteiger partial charge in [-0.3, -0.25) is 4.79 Å². The van der Waals surface area contributed by atoms with Crippen molar-refractivity contribution in [2.75, 3.05) is 13.2 Å². The van der Waals surface area contributed by atoms with Crippen LogP contribution in [0.3, 0.4) is 0 Å². The first-order chi connectivity index (χ1) is 7.11. The molecule has 0 bridgehead atoms. The quantitative estimate of drug-likeness (QED) is 0.730. The predicted octanol–water partition coefficient (Wildman–Crippen LogP) is 0.662. The van der Waals surface area contributed by atoms with E-state index in [1.807, 2.05) is 0 Å². The van der Waals surface area contributed by atoms with Gasteiger partial charge >= 0.3 is 0 Å². The minimum absolute atomic E-state index is 0.0597. The highest BCUT2D eigenvalue weighted by atomic mass is 16.5. The number of nitrogens with zero attached hydrogens (tertiary/aromatic N) is 1. The van der Waals surface area contributed by atoms with Gasteiger partial charge in [-0.1, -0.05) is 0 Å². The lowest BCUT2D eigenvalue weighted by molar-refractivity contribution is -0.134. The maximum atomic E-state index is 11.8. The molecule has 1 amide bonds. The fourth-order valence-electron chi connectivity index (χ4n) is 2.11. The monoisotopic (exact) mass is 211 g/mol. The summed E-state index contributed by atoms with van der Waals surface area (Å²) >= 11 is 0. The van der Waals surface area contributed by atoms with Crippen LogP contribution in [0.4, 0.5) is 0 Å². The molecule has 1 fully saturated rings. The summed E-state index contributed by atoms with van der Waals surface area (Å²) in [5.41, 5.74) is 1.43. The fraction of sp³-hybridized carbons (Fsp3) is 0.727. The Morgan fingerprint density at radius 2 is 2.27 bits per heavy atom.